The SMILES string of the molecule is CN(C)C[C@H]1OC[C@@H]2CN(S(=O)(=O)Cc3ccccc3)CC[C@@H]21. The third-order valence-electron chi connectivity index (χ3n) is 4.89. The molecule has 2 fully saturated rings. The molecule has 2 heterocycles. The summed E-state index contributed by atoms with van der Waals surface area (Å²) in [5.74, 6) is 0.910. The molecule has 0 unspecified atom stereocenters. The Labute approximate surface area is 139 Å². The van der Waals surface area contributed by atoms with Crippen LogP contribution in [-0.4, -0.2) is 64.1 Å². The van der Waals surface area contributed by atoms with E-state index in [-0.39, 0.29) is 11.9 Å². The van der Waals surface area contributed by atoms with E-state index < -0.39 is 10.0 Å². The quantitative estimate of drug-likeness (QED) is 0.815. The van der Waals surface area contributed by atoms with E-state index in [1.807, 2.05) is 30.3 Å². The lowest BCUT2D eigenvalue weighted by Crippen LogP contribution is -2.46. The van der Waals surface area contributed by atoms with Gasteiger partial charge in [0.05, 0.1) is 18.5 Å². The van der Waals surface area contributed by atoms with Gasteiger partial charge in [-0.2, -0.15) is 0 Å². The van der Waals surface area contributed by atoms with Crippen LogP contribution >= 0.6 is 0 Å². The monoisotopic (exact) mass is 338 g/mol. The van der Waals surface area contributed by atoms with Gasteiger partial charge in [0.2, 0.25) is 10.0 Å². The molecule has 0 amide bonds. The van der Waals surface area contributed by atoms with Crippen LogP contribution < -0.4 is 0 Å². The van der Waals surface area contributed by atoms with Gasteiger partial charge in [-0.25, -0.2) is 12.7 Å². The van der Waals surface area contributed by atoms with Crippen molar-refractivity contribution in [2.75, 3.05) is 40.3 Å². The Balaban J connectivity index is 1.64. The maximum Gasteiger partial charge on any atom is 0.218 e. The standard InChI is InChI=1S/C17H26N2O3S/c1-18(2)11-17-16-8-9-19(10-15(16)12-22-17)23(20,21)13-14-6-4-3-5-7-14/h3-7,15-17H,8-13H2,1-2H3/t15-,16-,17+/m0/s1. The van der Waals surface area contributed by atoms with Crippen LogP contribution in [0.1, 0.15) is 12.0 Å². The van der Waals surface area contributed by atoms with Gasteiger partial charge in [-0.3, -0.25) is 0 Å². The highest BCUT2D eigenvalue weighted by atomic mass is 32.2. The predicted molar refractivity (Wildman–Crippen MR) is 90.5 cm³/mol. The summed E-state index contributed by atoms with van der Waals surface area (Å²) in [6, 6.07) is 9.41. The van der Waals surface area contributed by atoms with Gasteiger partial charge in [0.15, 0.2) is 0 Å². The number of ether oxygens (including phenoxy) is 1. The summed E-state index contributed by atoms with van der Waals surface area (Å²) in [6.45, 7) is 2.81. The van der Waals surface area contributed by atoms with E-state index in [2.05, 4.69) is 19.0 Å². The lowest BCUT2D eigenvalue weighted by atomic mass is 9.85. The molecule has 6 heteroatoms. The van der Waals surface area contributed by atoms with E-state index >= 15 is 0 Å². The maximum atomic E-state index is 12.7. The van der Waals surface area contributed by atoms with Crippen molar-refractivity contribution in [2.45, 2.75) is 18.3 Å². The number of likely N-dealkylation sites (N-methyl/N-ethyl adjacent to an activating group) is 1. The minimum absolute atomic E-state index is 0.0905. The van der Waals surface area contributed by atoms with E-state index in [1.165, 1.54) is 0 Å². The number of nitrogens with zero attached hydrogens (tertiary/aromatic N) is 2. The number of piperidine rings is 1. The van der Waals surface area contributed by atoms with Gasteiger partial charge >= 0.3 is 0 Å². The molecule has 0 aromatic heterocycles. The molecule has 0 N–H and O–H groups in total. The van der Waals surface area contributed by atoms with Gasteiger partial charge in [-0.05, 0) is 32.0 Å². The molecule has 0 saturated carbocycles. The van der Waals surface area contributed by atoms with Crippen molar-refractivity contribution in [2.24, 2.45) is 11.8 Å². The Morgan fingerprint density at radius 2 is 2.00 bits per heavy atom. The fourth-order valence-electron chi connectivity index (χ4n) is 3.73. The number of sulfonamides is 1. The number of hydrogen-bond acceptors (Lipinski definition) is 4. The molecule has 0 spiro atoms. The van der Waals surface area contributed by atoms with E-state index in [0.717, 1.165) is 18.5 Å². The van der Waals surface area contributed by atoms with Crippen LogP contribution in [0, 0.1) is 11.8 Å². The van der Waals surface area contributed by atoms with Crippen molar-refractivity contribution in [1.82, 2.24) is 9.21 Å². The first-order valence-electron chi connectivity index (χ1n) is 8.24. The molecule has 0 aliphatic carbocycles. The van der Waals surface area contributed by atoms with E-state index in [9.17, 15) is 8.42 Å². The van der Waals surface area contributed by atoms with E-state index in [1.54, 1.807) is 4.31 Å². The molecule has 0 bridgehead atoms. The van der Waals surface area contributed by atoms with Gasteiger partial charge in [0.25, 0.3) is 0 Å². The summed E-state index contributed by atoms with van der Waals surface area (Å²) in [4.78, 5) is 2.14. The molecule has 1 aromatic carbocycles. The van der Waals surface area contributed by atoms with Crippen molar-refractivity contribution in [3.63, 3.8) is 0 Å². The minimum atomic E-state index is -3.25. The summed E-state index contributed by atoms with van der Waals surface area (Å²) in [5.41, 5.74) is 0.850. The fraction of sp³-hybridized carbons (Fsp3) is 0.647. The second kappa shape index (κ2) is 6.89. The molecule has 3 atom stereocenters. The second-order valence-corrected chi connectivity index (χ2v) is 8.92. The molecule has 23 heavy (non-hydrogen) atoms. The van der Waals surface area contributed by atoms with Crippen molar-refractivity contribution in [1.29, 1.82) is 0 Å². The highest BCUT2D eigenvalue weighted by molar-refractivity contribution is 7.88. The molecule has 2 saturated heterocycles. The smallest absolute Gasteiger partial charge is 0.218 e. The van der Waals surface area contributed by atoms with Crippen LogP contribution in [0.5, 0.6) is 0 Å². The zero-order chi connectivity index (χ0) is 16.4. The number of hydrogen-bond donors (Lipinski definition) is 0. The Morgan fingerprint density at radius 3 is 2.70 bits per heavy atom. The van der Waals surface area contributed by atoms with E-state index in [0.29, 0.717) is 31.5 Å². The second-order valence-electron chi connectivity index (χ2n) is 6.95. The van der Waals surface area contributed by atoms with Crippen LogP contribution in [-0.2, 0) is 20.5 Å². The largest absolute Gasteiger partial charge is 0.376 e. The molecular weight excluding hydrogens is 312 g/mol. The van der Waals surface area contributed by atoms with Gasteiger partial charge in [0.1, 0.15) is 0 Å². The third kappa shape index (κ3) is 3.94. The van der Waals surface area contributed by atoms with Crippen LogP contribution in [0.25, 0.3) is 0 Å². The summed E-state index contributed by atoms with van der Waals surface area (Å²) in [6.07, 6.45) is 1.14. The molecule has 2 aliphatic heterocycles. The third-order valence-corrected chi connectivity index (χ3v) is 6.70. The van der Waals surface area contributed by atoms with Gasteiger partial charge in [-0.15, -0.1) is 0 Å². The van der Waals surface area contributed by atoms with Crippen LogP contribution in [0.15, 0.2) is 30.3 Å². The molecule has 0 radical (unpaired) electrons. The molecular formula is C17H26N2O3S. The van der Waals surface area contributed by atoms with E-state index in [4.69, 9.17) is 4.74 Å². The number of benzene rings is 1. The maximum absolute atomic E-state index is 12.7. The summed E-state index contributed by atoms with van der Waals surface area (Å²) >= 11 is 0. The fourth-order valence-corrected chi connectivity index (χ4v) is 5.33. The van der Waals surface area contributed by atoms with Crippen LogP contribution in [0.3, 0.4) is 0 Å². The van der Waals surface area contributed by atoms with Crippen molar-refractivity contribution in [3.8, 4) is 0 Å². The first kappa shape index (κ1) is 16.9. The summed E-state index contributed by atoms with van der Waals surface area (Å²) in [5, 5.41) is 0. The topological polar surface area (TPSA) is 49.9 Å². The summed E-state index contributed by atoms with van der Waals surface area (Å²) in [7, 11) is 0.855. The highest BCUT2D eigenvalue weighted by Crippen LogP contribution is 2.35. The van der Waals surface area contributed by atoms with Gasteiger partial charge < -0.3 is 9.64 Å². The zero-order valence-electron chi connectivity index (χ0n) is 13.9. The average Bonchev–Trinajstić information content (AvgIpc) is 2.89. The van der Waals surface area contributed by atoms with Crippen molar-refractivity contribution >= 4 is 10.0 Å². The highest BCUT2D eigenvalue weighted by Gasteiger charge is 2.43. The Kier molecular flexibility index (Phi) is 5.06. The number of fused-ring (bicyclic) bond motifs is 1. The zero-order valence-corrected chi connectivity index (χ0v) is 14.7. The van der Waals surface area contributed by atoms with Crippen molar-refractivity contribution in [3.05, 3.63) is 35.9 Å². The van der Waals surface area contributed by atoms with Gasteiger partial charge in [-0.1, -0.05) is 30.3 Å². The Morgan fingerprint density at radius 1 is 1.26 bits per heavy atom. The molecule has 3 rings (SSSR count). The summed E-state index contributed by atoms with van der Waals surface area (Å²) < 4.78 is 33.0. The van der Waals surface area contributed by atoms with Crippen LogP contribution in [0.4, 0.5) is 0 Å². The minimum Gasteiger partial charge on any atom is -0.376 e. The first-order valence-corrected chi connectivity index (χ1v) is 9.85. The van der Waals surface area contributed by atoms with Crippen LogP contribution in [0.2, 0.25) is 0 Å². The predicted octanol–water partition coefficient (Wildman–Crippen LogP) is 1.41. The molecule has 1 aromatic rings. The molecule has 128 valence electrons. The Bertz CT molecular complexity index is 618. The number of rotatable bonds is 5. The normalized spacial score (nSPS) is 28.9. The van der Waals surface area contributed by atoms with Crippen molar-refractivity contribution < 1.29 is 13.2 Å². The first-order chi connectivity index (χ1) is 11.0. The van der Waals surface area contributed by atoms with Gasteiger partial charge in [0, 0.05) is 25.6 Å². The molecule has 5 nitrogen and oxygen atoms in total. The average molecular weight is 338 g/mol. The Hall–Kier alpha value is -0.950. The lowest BCUT2D eigenvalue weighted by Gasteiger charge is -2.35. The lowest BCUT2D eigenvalue weighted by molar-refractivity contribution is 0.0653. The molecule has 2 aliphatic rings.